The van der Waals surface area contributed by atoms with Gasteiger partial charge in [0.2, 0.25) is 17.1 Å². The van der Waals surface area contributed by atoms with Crippen LogP contribution in [0.2, 0.25) is 0 Å². The number of carbonyl (C=O) groups excluding carboxylic acids is 2. The Hall–Kier alpha value is -2.53. The Labute approximate surface area is 176 Å². The minimum Gasteiger partial charge on any atom is -0.485 e. The SMILES string of the molecule is CNC(=O)CSc1nnc(N2CCN(C(=O)C3COc4ccccc4O3)CC2)s1. The normalized spacial score (nSPS) is 18.4. The summed E-state index contributed by atoms with van der Waals surface area (Å²) in [4.78, 5) is 28.1. The van der Waals surface area contributed by atoms with Crippen molar-refractivity contribution in [2.24, 2.45) is 0 Å². The Balaban J connectivity index is 1.29. The minimum atomic E-state index is -0.620. The van der Waals surface area contributed by atoms with Crippen LogP contribution in [-0.4, -0.2) is 78.6 Å². The number of thioether (sulfide) groups is 1. The van der Waals surface area contributed by atoms with Crippen molar-refractivity contribution < 1.29 is 19.1 Å². The van der Waals surface area contributed by atoms with Crippen LogP contribution in [0.5, 0.6) is 11.5 Å². The molecule has 0 saturated carbocycles. The lowest BCUT2D eigenvalue weighted by Gasteiger charge is -2.36. The molecule has 9 nitrogen and oxygen atoms in total. The second kappa shape index (κ2) is 8.87. The maximum absolute atomic E-state index is 12.8. The summed E-state index contributed by atoms with van der Waals surface area (Å²) in [5.74, 6) is 1.49. The number of amides is 2. The van der Waals surface area contributed by atoms with Crippen molar-refractivity contribution >= 4 is 40.0 Å². The van der Waals surface area contributed by atoms with Gasteiger partial charge in [-0.05, 0) is 12.1 Å². The molecule has 0 bridgehead atoms. The van der Waals surface area contributed by atoms with E-state index in [0.29, 0.717) is 43.4 Å². The molecule has 1 saturated heterocycles. The number of benzene rings is 1. The standard InChI is InChI=1S/C18H21N5O4S2/c1-19-15(24)11-28-18-21-20-17(29-18)23-8-6-22(7-9-23)16(25)14-10-26-12-4-2-3-5-13(12)27-14/h2-5,14H,6-11H2,1H3,(H,19,24). The Morgan fingerprint density at radius 2 is 1.97 bits per heavy atom. The first kappa shape index (κ1) is 19.8. The van der Waals surface area contributed by atoms with E-state index in [2.05, 4.69) is 20.4 Å². The third kappa shape index (κ3) is 4.56. The molecule has 2 aliphatic rings. The second-order valence-corrected chi connectivity index (χ2v) is 8.67. The van der Waals surface area contributed by atoms with E-state index in [1.165, 1.54) is 23.1 Å². The highest BCUT2D eigenvalue weighted by Crippen LogP contribution is 2.32. The van der Waals surface area contributed by atoms with Crippen molar-refractivity contribution in [1.29, 1.82) is 0 Å². The fourth-order valence-electron chi connectivity index (χ4n) is 3.05. The van der Waals surface area contributed by atoms with Gasteiger partial charge in [-0.2, -0.15) is 0 Å². The second-order valence-electron chi connectivity index (χ2n) is 6.49. The fraction of sp³-hybridized carbons (Fsp3) is 0.444. The highest BCUT2D eigenvalue weighted by Gasteiger charge is 2.33. The van der Waals surface area contributed by atoms with Gasteiger partial charge in [0.1, 0.15) is 6.61 Å². The number of nitrogens with zero attached hydrogens (tertiary/aromatic N) is 4. The van der Waals surface area contributed by atoms with E-state index in [9.17, 15) is 9.59 Å². The summed E-state index contributed by atoms with van der Waals surface area (Å²) in [5, 5.41) is 11.8. The molecular formula is C18H21N5O4S2. The molecule has 29 heavy (non-hydrogen) atoms. The predicted molar refractivity (Wildman–Crippen MR) is 110 cm³/mol. The summed E-state index contributed by atoms with van der Waals surface area (Å²) in [6.07, 6.45) is -0.620. The zero-order chi connectivity index (χ0) is 20.2. The first-order valence-corrected chi connectivity index (χ1v) is 11.0. The molecule has 4 rings (SSSR count). The molecule has 1 N–H and O–H groups in total. The molecule has 1 fully saturated rings. The molecular weight excluding hydrogens is 414 g/mol. The van der Waals surface area contributed by atoms with Crippen LogP contribution in [0.4, 0.5) is 5.13 Å². The number of hydrogen-bond acceptors (Lipinski definition) is 9. The van der Waals surface area contributed by atoms with Gasteiger partial charge in [-0.25, -0.2) is 0 Å². The minimum absolute atomic E-state index is 0.0459. The van der Waals surface area contributed by atoms with Gasteiger partial charge >= 0.3 is 0 Å². The lowest BCUT2D eigenvalue weighted by molar-refractivity contribution is -0.141. The number of piperazine rings is 1. The third-order valence-electron chi connectivity index (χ3n) is 4.65. The van der Waals surface area contributed by atoms with Gasteiger partial charge in [0.25, 0.3) is 5.91 Å². The smallest absolute Gasteiger partial charge is 0.267 e. The predicted octanol–water partition coefficient (Wildman–Crippen LogP) is 0.865. The molecule has 2 aliphatic heterocycles. The number of hydrogen-bond donors (Lipinski definition) is 1. The van der Waals surface area contributed by atoms with Gasteiger partial charge in [-0.3, -0.25) is 9.59 Å². The van der Waals surface area contributed by atoms with E-state index < -0.39 is 6.10 Å². The zero-order valence-corrected chi connectivity index (χ0v) is 17.5. The number of aromatic nitrogens is 2. The molecule has 3 heterocycles. The molecule has 1 unspecified atom stereocenters. The summed E-state index contributed by atoms with van der Waals surface area (Å²) in [6, 6.07) is 7.37. The van der Waals surface area contributed by atoms with Crippen molar-refractivity contribution in [2.75, 3.05) is 50.5 Å². The average molecular weight is 436 g/mol. The van der Waals surface area contributed by atoms with Crippen LogP contribution in [0.25, 0.3) is 0 Å². The molecule has 154 valence electrons. The Morgan fingerprint density at radius 3 is 2.72 bits per heavy atom. The van der Waals surface area contributed by atoms with E-state index in [1.807, 2.05) is 24.3 Å². The summed E-state index contributed by atoms with van der Waals surface area (Å²) < 4.78 is 12.2. The molecule has 0 spiro atoms. The van der Waals surface area contributed by atoms with Gasteiger partial charge in [-0.15, -0.1) is 10.2 Å². The first-order chi connectivity index (χ1) is 14.1. The highest BCUT2D eigenvalue weighted by atomic mass is 32.2. The molecule has 1 aromatic heterocycles. The van der Waals surface area contributed by atoms with Gasteiger partial charge in [0.15, 0.2) is 15.8 Å². The monoisotopic (exact) mass is 435 g/mol. The van der Waals surface area contributed by atoms with Crippen molar-refractivity contribution in [3.05, 3.63) is 24.3 Å². The molecule has 11 heteroatoms. The van der Waals surface area contributed by atoms with Crippen molar-refractivity contribution in [1.82, 2.24) is 20.4 Å². The number of nitrogens with one attached hydrogen (secondary N) is 1. The zero-order valence-electron chi connectivity index (χ0n) is 15.9. The number of rotatable bonds is 5. The van der Waals surface area contributed by atoms with Gasteiger partial charge < -0.3 is 24.6 Å². The van der Waals surface area contributed by atoms with Crippen LogP contribution in [0, 0.1) is 0 Å². The quantitative estimate of drug-likeness (QED) is 0.691. The number of para-hydroxylation sites is 2. The van der Waals surface area contributed by atoms with E-state index in [4.69, 9.17) is 9.47 Å². The largest absolute Gasteiger partial charge is 0.485 e. The van der Waals surface area contributed by atoms with Gasteiger partial charge in [0, 0.05) is 33.2 Å². The van der Waals surface area contributed by atoms with Crippen LogP contribution in [0.3, 0.4) is 0 Å². The third-order valence-corrected chi connectivity index (χ3v) is 6.76. The van der Waals surface area contributed by atoms with Gasteiger partial charge in [-0.1, -0.05) is 35.2 Å². The topological polar surface area (TPSA) is 96.9 Å². The Kier molecular flexibility index (Phi) is 6.05. The summed E-state index contributed by atoms with van der Waals surface area (Å²) in [6.45, 7) is 2.73. The van der Waals surface area contributed by atoms with Crippen molar-refractivity contribution in [2.45, 2.75) is 10.4 Å². The average Bonchev–Trinajstić information content (AvgIpc) is 3.26. The summed E-state index contributed by atoms with van der Waals surface area (Å²) in [7, 11) is 1.61. The van der Waals surface area contributed by atoms with Crippen LogP contribution in [0.1, 0.15) is 0 Å². The van der Waals surface area contributed by atoms with E-state index in [0.717, 1.165) is 9.47 Å². The van der Waals surface area contributed by atoms with E-state index >= 15 is 0 Å². The molecule has 0 aliphatic carbocycles. The molecule has 1 atom stereocenters. The van der Waals surface area contributed by atoms with Crippen molar-refractivity contribution in [3.63, 3.8) is 0 Å². The number of fused-ring (bicyclic) bond motifs is 1. The van der Waals surface area contributed by atoms with E-state index in [1.54, 1.807) is 11.9 Å². The fourth-order valence-corrected chi connectivity index (χ4v) is 4.82. The summed E-state index contributed by atoms with van der Waals surface area (Å²) >= 11 is 2.83. The van der Waals surface area contributed by atoms with Crippen LogP contribution in [0.15, 0.2) is 28.6 Å². The van der Waals surface area contributed by atoms with Crippen LogP contribution >= 0.6 is 23.1 Å². The molecule has 0 radical (unpaired) electrons. The first-order valence-electron chi connectivity index (χ1n) is 9.23. The number of carbonyl (C=O) groups is 2. The maximum Gasteiger partial charge on any atom is 0.267 e. The maximum atomic E-state index is 12.8. The number of ether oxygens (including phenoxy) is 2. The molecule has 2 aromatic rings. The van der Waals surface area contributed by atoms with Crippen LogP contribution in [-0.2, 0) is 9.59 Å². The Morgan fingerprint density at radius 1 is 1.21 bits per heavy atom. The Bertz CT molecular complexity index is 885. The van der Waals surface area contributed by atoms with Gasteiger partial charge in [0.05, 0.1) is 5.75 Å². The molecule has 1 aromatic carbocycles. The van der Waals surface area contributed by atoms with Crippen molar-refractivity contribution in [3.8, 4) is 11.5 Å². The van der Waals surface area contributed by atoms with E-state index in [-0.39, 0.29) is 18.4 Å². The lowest BCUT2D eigenvalue weighted by atomic mass is 10.2. The highest BCUT2D eigenvalue weighted by molar-refractivity contribution is 8.01. The molecule has 2 amide bonds. The lowest BCUT2D eigenvalue weighted by Crippen LogP contribution is -2.54. The number of anilines is 1. The van der Waals surface area contributed by atoms with Crippen LogP contribution < -0.4 is 19.7 Å². The summed E-state index contributed by atoms with van der Waals surface area (Å²) in [5.41, 5.74) is 0.